The summed E-state index contributed by atoms with van der Waals surface area (Å²) in [6, 6.07) is 0. The zero-order chi connectivity index (χ0) is 19.4. The fourth-order valence-corrected chi connectivity index (χ4v) is 8.48. The zero-order valence-corrected chi connectivity index (χ0v) is 18.5. The molecular weight excluding hydrogens is 328 g/mol. The number of Topliss-reactive ketones (excluding diaryl/α,β-unsaturated/α-hetero) is 1. The Morgan fingerprint density at radius 2 is 1.63 bits per heavy atom. The smallest absolute Gasteiger partial charge is 0.133 e. The maximum Gasteiger partial charge on any atom is 0.133 e. The molecule has 27 heavy (non-hydrogen) atoms. The van der Waals surface area contributed by atoms with Gasteiger partial charge in [0.1, 0.15) is 5.78 Å². The lowest BCUT2D eigenvalue weighted by atomic mass is 9.44. The van der Waals surface area contributed by atoms with Crippen LogP contribution in [0.3, 0.4) is 0 Å². The highest BCUT2D eigenvalue weighted by molar-refractivity contribution is 5.79. The molecule has 0 amide bonds. The van der Waals surface area contributed by atoms with Crippen LogP contribution in [0.4, 0.5) is 0 Å². The average Bonchev–Trinajstić information content (AvgIpc) is 2.97. The van der Waals surface area contributed by atoms with Gasteiger partial charge >= 0.3 is 0 Å². The quantitative estimate of drug-likeness (QED) is 0.486. The van der Waals surface area contributed by atoms with E-state index in [1.54, 1.807) is 0 Å². The fraction of sp³-hybridized carbons (Fsp3) is 0.885. The van der Waals surface area contributed by atoms with Crippen LogP contribution in [0.25, 0.3) is 0 Å². The Kier molecular flexibility index (Phi) is 5.13. The standard InChI is InChI=1S/C26H42O/c1-17(2)6-7-18(3)22-10-11-23-21-9-8-19-16-20(27)12-14-25(19,4)24(21)13-15-26(22,23)5/h6-7,17-19,21-24H,8-16H2,1-5H3. The first-order valence-corrected chi connectivity index (χ1v) is 12.0. The van der Waals surface area contributed by atoms with Crippen LogP contribution in [0.1, 0.15) is 92.4 Å². The average molecular weight is 371 g/mol. The maximum atomic E-state index is 12.1. The summed E-state index contributed by atoms with van der Waals surface area (Å²) in [5.41, 5.74) is 1.01. The molecule has 4 aliphatic rings. The molecule has 0 bridgehead atoms. The summed E-state index contributed by atoms with van der Waals surface area (Å²) in [6.45, 7) is 12.3. The lowest BCUT2D eigenvalue weighted by Crippen LogP contribution is -2.53. The minimum Gasteiger partial charge on any atom is -0.300 e. The summed E-state index contributed by atoms with van der Waals surface area (Å²) < 4.78 is 0. The van der Waals surface area contributed by atoms with Crippen molar-refractivity contribution in [3.8, 4) is 0 Å². The third-order valence-corrected chi connectivity index (χ3v) is 9.99. The van der Waals surface area contributed by atoms with Crippen LogP contribution in [-0.4, -0.2) is 5.78 Å². The molecule has 4 rings (SSSR count). The van der Waals surface area contributed by atoms with E-state index >= 15 is 0 Å². The summed E-state index contributed by atoms with van der Waals surface area (Å²) in [6.07, 6.45) is 16.4. The summed E-state index contributed by atoms with van der Waals surface area (Å²) in [5.74, 6) is 6.25. The summed E-state index contributed by atoms with van der Waals surface area (Å²) in [4.78, 5) is 12.1. The number of carbonyl (C=O) groups is 1. The Bertz CT molecular complexity index is 603. The molecule has 4 fully saturated rings. The van der Waals surface area contributed by atoms with Gasteiger partial charge in [-0.2, -0.15) is 0 Å². The first kappa shape index (κ1) is 19.7. The number of carbonyl (C=O) groups excluding carboxylic acids is 1. The molecule has 4 aliphatic carbocycles. The van der Waals surface area contributed by atoms with Crippen molar-refractivity contribution < 1.29 is 4.79 Å². The van der Waals surface area contributed by atoms with Crippen molar-refractivity contribution in [3.05, 3.63) is 12.2 Å². The third kappa shape index (κ3) is 3.16. The van der Waals surface area contributed by atoms with Crippen LogP contribution >= 0.6 is 0 Å². The molecular formula is C26H42O. The van der Waals surface area contributed by atoms with Gasteiger partial charge in [0, 0.05) is 12.8 Å². The Hall–Kier alpha value is -0.590. The van der Waals surface area contributed by atoms with Gasteiger partial charge in [-0.25, -0.2) is 0 Å². The molecule has 4 saturated carbocycles. The number of rotatable bonds is 3. The summed E-state index contributed by atoms with van der Waals surface area (Å²) >= 11 is 0. The van der Waals surface area contributed by atoms with E-state index in [0.29, 0.717) is 28.4 Å². The SMILES string of the molecule is CC(C)C=CC(C)C1CCC2C3CCC4CC(=O)CCC4(C)C3CCC12C. The number of ketones is 1. The first-order chi connectivity index (χ1) is 12.8. The molecule has 0 heterocycles. The van der Waals surface area contributed by atoms with Crippen LogP contribution in [0, 0.1) is 52.3 Å². The largest absolute Gasteiger partial charge is 0.300 e. The van der Waals surface area contributed by atoms with Crippen molar-refractivity contribution in [2.45, 2.75) is 92.4 Å². The molecule has 0 aromatic rings. The van der Waals surface area contributed by atoms with E-state index in [0.717, 1.165) is 42.4 Å². The van der Waals surface area contributed by atoms with Crippen molar-refractivity contribution in [1.29, 1.82) is 0 Å². The topological polar surface area (TPSA) is 17.1 Å². The van der Waals surface area contributed by atoms with Crippen LogP contribution in [-0.2, 0) is 4.79 Å². The highest BCUT2D eigenvalue weighted by Crippen LogP contribution is 2.68. The molecule has 0 saturated heterocycles. The Morgan fingerprint density at radius 3 is 2.37 bits per heavy atom. The molecule has 8 atom stereocenters. The van der Waals surface area contributed by atoms with Crippen molar-refractivity contribution in [2.75, 3.05) is 0 Å². The van der Waals surface area contributed by atoms with Crippen molar-refractivity contribution in [1.82, 2.24) is 0 Å². The predicted molar refractivity (Wildman–Crippen MR) is 113 cm³/mol. The number of allylic oxidation sites excluding steroid dienone is 2. The van der Waals surface area contributed by atoms with E-state index < -0.39 is 0 Å². The van der Waals surface area contributed by atoms with Gasteiger partial charge in [0.25, 0.3) is 0 Å². The van der Waals surface area contributed by atoms with E-state index in [-0.39, 0.29) is 0 Å². The number of hydrogen-bond donors (Lipinski definition) is 0. The summed E-state index contributed by atoms with van der Waals surface area (Å²) in [7, 11) is 0. The van der Waals surface area contributed by atoms with Crippen LogP contribution < -0.4 is 0 Å². The highest BCUT2D eigenvalue weighted by atomic mass is 16.1. The lowest BCUT2D eigenvalue weighted by Gasteiger charge is -2.60. The van der Waals surface area contributed by atoms with E-state index in [1.807, 2.05) is 0 Å². The third-order valence-electron chi connectivity index (χ3n) is 9.99. The first-order valence-electron chi connectivity index (χ1n) is 12.0. The molecule has 0 aromatic carbocycles. The minimum absolute atomic E-state index is 0.458. The zero-order valence-electron chi connectivity index (χ0n) is 18.5. The van der Waals surface area contributed by atoms with Gasteiger partial charge in [0.15, 0.2) is 0 Å². The minimum atomic E-state index is 0.458. The second kappa shape index (κ2) is 7.03. The lowest BCUT2D eigenvalue weighted by molar-refractivity contribution is -0.140. The highest BCUT2D eigenvalue weighted by Gasteiger charge is 2.60. The molecule has 152 valence electrons. The summed E-state index contributed by atoms with van der Waals surface area (Å²) in [5, 5.41) is 0. The van der Waals surface area contributed by atoms with Crippen LogP contribution in [0.2, 0.25) is 0 Å². The van der Waals surface area contributed by atoms with Gasteiger partial charge in [0.2, 0.25) is 0 Å². The van der Waals surface area contributed by atoms with E-state index in [2.05, 4.69) is 46.8 Å². The Balaban J connectivity index is 1.54. The molecule has 1 nitrogen and oxygen atoms in total. The van der Waals surface area contributed by atoms with Crippen molar-refractivity contribution >= 4 is 5.78 Å². The van der Waals surface area contributed by atoms with Crippen LogP contribution in [0.15, 0.2) is 12.2 Å². The molecule has 8 unspecified atom stereocenters. The molecule has 0 N–H and O–H groups in total. The second-order valence-electron chi connectivity index (χ2n) is 11.6. The van der Waals surface area contributed by atoms with E-state index in [1.165, 1.54) is 44.9 Å². The molecule has 0 aliphatic heterocycles. The van der Waals surface area contributed by atoms with E-state index in [9.17, 15) is 4.79 Å². The molecule has 0 aromatic heterocycles. The number of hydrogen-bond acceptors (Lipinski definition) is 1. The maximum absolute atomic E-state index is 12.1. The van der Waals surface area contributed by atoms with Crippen molar-refractivity contribution in [2.24, 2.45) is 52.3 Å². The molecule has 1 heteroatoms. The predicted octanol–water partition coefficient (Wildman–Crippen LogP) is 7.06. The van der Waals surface area contributed by atoms with Crippen LogP contribution in [0.5, 0.6) is 0 Å². The Morgan fingerprint density at radius 1 is 0.889 bits per heavy atom. The fourth-order valence-electron chi connectivity index (χ4n) is 8.48. The van der Waals surface area contributed by atoms with Gasteiger partial charge in [0.05, 0.1) is 0 Å². The van der Waals surface area contributed by atoms with Crippen molar-refractivity contribution in [3.63, 3.8) is 0 Å². The van der Waals surface area contributed by atoms with Gasteiger partial charge < -0.3 is 0 Å². The van der Waals surface area contributed by atoms with Gasteiger partial charge in [-0.05, 0) is 97.2 Å². The second-order valence-corrected chi connectivity index (χ2v) is 11.6. The van der Waals surface area contributed by atoms with E-state index in [4.69, 9.17) is 0 Å². The van der Waals surface area contributed by atoms with Gasteiger partial charge in [-0.1, -0.05) is 46.8 Å². The number of fused-ring (bicyclic) bond motifs is 5. The molecule has 0 radical (unpaired) electrons. The Labute approximate surface area is 167 Å². The van der Waals surface area contributed by atoms with Gasteiger partial charge in [-0.3, -0.25) is 4.79 Å². The van der Waals surface area contributed by atoms with Gasteiger partial charge in [-0.15, -0.1) is 0 Å². The monoisotopic (exact) mass is 370 g/mol. The molecule has 0 spiro atoms. The normalized spacial score (nSPS) is 48.4.